The number of aromatic nitrogens is 1. The minimum Gasteiger partial charge on any atom is -0.497 e. The summed E-state index contributed by atoms with van der Waals surface area (Å²) in [6.45, 7) is 6.07. The van der Waals surface area contributed by atoms with E-state index in [2.05, 4.69) is 19.1 Å². The third kappa shape index (κ3) is 3.82. The molecule has 0 saturated carbocycles. The van der Waals surface area contributed by atoms with Crippen molar-refractivity contribution in [3.63, 3.8) is 0 Å². The highest BCUT2D eigenvalue weighted by molar-refractivity contribution is 7.19. The number of benzene rings is 1. The molecule has 0 unspecified atom stereocenters. The van der Waals surface area contributed by atoms with Crippen LogP contribution in [0.5, 0.6) is 5.75 Å². The molecule has 0 amide bonds. The first-order chi connectivity index (χ1) is 11.2. The molecule has 1 aromatic carbocycles. The van der Waals surface area contributed by atoms with Crippen LogP contribution in [-0.4, -0.2) is 19.2 Å². The van der Waals surface area contributed by atoms with Crippen LogP contribution in [0.4, 0.5) is 0 Å². The van der Waals surface area contributed by atoms with Crippen molar-refractivity contribution in [1.29, 1.82) is 0 Å². The summed E-state index contributed by atoms with van der Waals surface area (Å²) >= 11 is 1.70. The summed E-state index contributed by atoms with van der Waals surface area (Å²) in [5.41, 5.74) is 3.41. The maximum absolute atomic E-state index is 5.33. The molecule has 1 heterocycles. The van der Waals surface area contributed by atoms with Crippen LogP contribution in [-0.2, 0) is 4.74 Å². The van der Waals surface area contributed by atoms with Gasteiger partial charge in [0.1, 0.15) is 16.5 Å². The third-order valence-corrected chi connectivity index (χ3v) is 4.55. The predicted octanol–water partition coefficient (Wildman–Crippen LogP) is 5.51. The van der Waals surface area contributed by atoms with E-state index < -0.39 is 0 Å². The number of aryl methyl sites for hydroxylation is 1. The first-order valence-corrected chi connectivity index (χ1v) is 8.60. The summed E-state index contributed by atoms with van der Waals surface area (Å²) in [6, 6.07) is 4.07. The molecule has 0 saturated heterocycles. The van der Waals surface area contributed by atoms with Crippen LogP contribution in [0.2, 0.25) is 0 Å². The number of hydrogen-bond donors (Lipinski definition) is 0. The molecule has 23 heavy (non-hydrogen) atoms. The molecule has 1 aromatic heterocycles. The zero-order valence-corrected chi connectivity index (χ0v) is 15.2. The molecular weight excluding hydrogens is 306 g/mol. The van der Waals surface area contributed by atoms with E-state index in [-0.39, 0.29) is 0 Å². The molecule has 4 heteroatoms. The van der Waals surface area contributed by atoms with Crippen molar-refractivity contribution in [1.82, 2.24) is 4.98 Å². The fourth-order valence-electron chi connectivity index (χ4n) is 2.32. The van der Waals surface area contributed by atoms with E-state index >= 15 is 0 Å². The van der Waals surface area contributed by atoms with Gasteiger partial charge in [0, 0.05) is 0 Å². The van der Waals surface area contributed by atoms with Crippen LogP contribution in [0.15, 0.2) is 42.2 Å². The molecule has 0 aliphatic heterocycles. The van der Waals surface area contributed by atoms with Gasteiger partial charge in [-0.3, -0.25) is 0 Å². The van der Waals surface area contributed by atoms with Crippen molar-refractivity contribution in [2.45, 2.75) is 27.2 Å². The molecule has 0 N–H and O–H groups in total. The molecule has 3 nitrogen and oxygen atoms in total. The Balaban J connectivity index is 0.000000924. The van der Waals surface area contributed by atoms with Gasteiger partial charge in [-0.05, 0) is 48.8 Å². The Kier molecular flexibility index (Phi) is 5.99. The second kappa shape index (κ2) is 7.97. The van der Waals surface area contributed by atoms with Crippen LogP contribution >= 0.6 is 11.3 Å². The Morgan fingerprint density at radius 3 is 2.57 bits per heavy atom. The van der Waals surface area contributed by atoms with E-state index in [1.54, 1.807) is 25.6 Å². The van der Waals surface area contributed by atoms with Gasteiger partial charge < -0.3 is 9.47 Å². The molecule has 0 bridgehead atoms. The second-order valence-electron chi connectivity index (χ2n) is 4.88. The lowest BCUT2D eigenvalue weighted by atomic mass is 10.2. The lowest BCUT2D eigenvalue weighted by Crippen LogP contribution is -1.85. The number of rotatable bonds is 3. The summed E-state index contributed by atoms with van der Waals surface area (Å²) in [6.07, 6.45) is 9.03. The predicted molar refractivity (Wildman–Crippen MR) is 99.1 cm³/mol. The van der Waals surface area contributed by atoms with E-state index in [4.69, 9.17) is 14.5 Å². The zero-order valence-electron chi connectivity index (χ0n) is 14.3. The highest BCUT2D eigenvalue weighted by Gasteiger charge is 2.12. The van der Waals surface area contributed by atoms with Crippen molar-refractivity contribution in [3.05, 3.63) is 52.8 Å². The SMILES string of the molecule is CC.COC1=CC=C(c2nc3c(C)cc(OC)cc3s2)CC=C1. The zero-order chi connectivity index (χ0) is 16.8. The molecule has 1 aliphatic rings. The second-order valence-corrected chi connectivity index (χ2v) is 5.91. The van der Waals surface area contributed by atoms with Gasteiger partial charge in [-0.2, -0.15) is 0 Å². The first kappa shape index (κ1) is 17.3. The summed E-state index contributed by atoms with van der Waals surface area (Å²) in [5, 5.41) is 1.06. The third-order valence-electron chi connectivity index (χ3n) is 3.47. The Morgan fingerprint density at radius 2 is 1.87 bits per heavy atom. The van der Waals surface area contributed by atoms with Crippen molar-refractivity contribution in [2.24, 2.45) is 0 Å². The van der Waals surface area contributed by atoms with Gasteiger partial charge in [0.2, 0.25) is 0 Å². The molecule has 0 fully saturated rings. The number of ether oxygens (including phenoxy) is 2. The van der Waals surface area contributed by atoms with Crippen LogP contribution in [0.25, 0.3) is 15.8 Å². The van der Waals surface area contributed by atoms with Gasteiger partial charge in [-0.15, -0.1) is 11.3 Å². The molecule has 0 atom stereocenters. The average molecular weight is 329 g/mol. The van der Waals surface area contributed by atoms with E-state index in [9.17, 15) is 0 Å². The highest BCUT2D eigenvalue weighted by Crippen LogP contribution is 2.34. The summed E-state index contributed by atoms with van der Waals surface area (Å²) in [5.74, 6) is 1.75. The lowest BCUT2D eigenvalue weighted by Gasteiger charge is -2.00. The van der Waals surface area contributed by atoms with E-state index in [0.717, 1.165) is 38.7 Å². The Bertz CT molecular complexity index is 769. The fourth-order valence-corrected chi connectivity index (χ4v) is 3.43. The number of nitrogens with zero attached hydrogens (tertiary/aromatic N) is 1. The van der Waals surface area contributed by atoms with Crippen LogP contribution < -0.4 is 4.74 Å². The monoisotopic (exact) mass is 329 g/mol. The Hall–Kier alpha value is -2.07. The quantitative estimate of drug-likeness (QED) is 0.743. The van der Waals surface area contributed by atoms with Crippen LogP contribution in [0.3, 0.4) is 0 Å². The summed E-state index contributed by atoms with van der Waals surface area (Å²) < 4.78 is 11.8. The van der Waals surface area contributed by atoms with Crippen molar-refractivity contribution >= 4 is 27.1 Å². The Labute approximate surface area is 142 Å². The highest BCUT2D eigenvalue weighted by atomic mass is 32.1. The first-order valence-electron chi connectivity index (χ1n) is 7.78. The van der Waals surface area contributed by atoms with Gasteiger partial charge >= 0.3 is 0 Å². The summed E-state index contributed by atoms with van der Waals surface area (Å²) in [7, 11) is 3.38. The Morgan fingerprint density at radius 1 is 1.09 bits per heavy atom. The number of thiazole rings is 1. The molecule has 1 aliphatic carbocycles. The minimum absolute atomic E-state index is 0.860. The largest absolute Gasteiger partial charge is 0.497 e. The maximum atomic E-state index is 5.33. The topological polar surface area (TPSA) is 31.4 Å². The van der Waals surface area contributed by atoms with Crippen LogP contribution in [0, 0.1) is 6.92 Å². The molecule has 3 rings (SSSR count). The van der Waals surface area contributed by atoms with E-state index in [1.807, 2.05) is 38.1 Å². The van der Waals surface area contributed by atoms with Gasteiger partial charge in [-0.1, -0.05) is 26.0 Å². The van der Waals surface area contributed by atoms with Gasteiger partial charge in [0.05, 0.1) is 24.4 Å². The van der Waals surface area contributed by atoms with Gasteiger partial charge in [0.15, 0.2) is 0 Å². The lowest BCUT2D eigenvalue weighted by molar-refractivity contribution is 0.307. The molecular formula is C19H23NO2S. The number of methoxy groups -OCH3 is 2. The van der Waals surface area contributed by atoms with Crippen LogP contribution in [0.1, 0.15) is 30.8 Å². The number of fused-ring (bicyclic) bond motifs is 1. The van der Waals surface area contributed by atoms with Gasteiger partial charge in [0.25, 0.3) is 0 Å². The number of hydrogen-bond acceptors (Lipinski definition) is 4. The van der Waals surface area contributed by atoms with Crippen molar-refractivity contribution < 1.29 is 9.47 Å². The standard InChI is InChI=1S/C17H17NO2S.C2H6/c1-11-9-14(20-3)10-15-16(11)18-17(21-15)12-5-4-6-13(19-2)8-7-12;1-2/h4,6-10H,5H2,1-3H3;1-2H3. The van der Waals surface area contributed by atoms with E-state index in [1.165, 1.54) is 5.57 Å². The van der Waals surface area contributed by atoms with E-state index in [0.29, 0.717) is 0 Å². The minimum atomic E-state index is 0.860. The summed E-state index contributed by atoms with van der Waals surface area (Å²) in [4.78, 5) is 4.79. The number of allylic oxidation sites excluding steroid dienone is 5. The normalized spacial score (nSPS) is 13.6. The van der Waals surface area contributed by atoms with Gasteiger partial charge in [-0.25, -0.2) is 4.98 Å². The maximum Gasteiger partial charge on any atom is 0.120 e. The fraction of sp³-hybridized carbons (Fsp3) is 0.316. The smallest absolute Gasteiger partial charge is 0.120 e. The molecule has 0 radical (unpaired) electrons. The molecule has 0 spiro atoms. The van der Waals surface area contributed by atoms with Crippen molar-refractivity contribution in [3.8, 4) is 5.75 Å². The average Bonchev–Trinajstić information content (AvgIpc) is 2.87. The molecule has 2 aromatic rings. The molecule has 122 valence electrons. The van der Waals surface area contributed by atoms with Crippen molar-refractivity contribution in [2.75, 3.05) is 14.2 Å².